The van der Waals surface area contributed by atoms with E-state index in [-0.39, 0.29) is 12.5 Å². The van der Waals surface area contributed by atoms with Crippen molar-refractivity contribution in [1.82, 2.24) is 9.97 Å². The van der Waals surface area contributed by atoms with Crippen LogP contribution in [0.4, 0.5) is 23.1 Å². The van der Waals surface area contributed by atoms with Crippen molar-refractivity contribution in [3.8, 4) is 5.75 Å². The molecule has 0 bridgehead atoms. The molecule has 0 unspecified atom stereocenters. The molecule has 0 aliphatic carbocycles. The van der Waals surface area contributed by atoms with E-state index in [1.165, 1.54) is 12.8 Å². The van der Waals surface area contributed by atoms with Crippen LogP contribution in [0.1, 0.15) is 18.5 Å². The number of rotatable bonds is 7. The van der Waals surface area contributed by atoms with Gasteiger partial charge < -0.3 is 20.3 Å². The van der Waals surface area contributed by atoms with Crippen molar-refractivity contribution >= 4 is 29.0 Å². The number of anilines is 4. The van der Waals surface area contributed by atoms with E-state index < -0.39 is 0 Å². The summed E-state index contributed by atoms with van der Waals surface area (Å²) in [4.78, 5) is 23.5. The molecule has 1 aliphatic heterocycles. The number of nitrogens with zero attached hydrogens (tertiary/aromatic N) is 3. The lowest BCUT2D eigenvalue weighted by Crippen LogP contribution is -2.20. The van der Waals surface area contributed by atoms with Crippen molar-refractivity contribution in [3.05, 3.63) is 66.4 Å². The quantitative estimate of drug-likeness (QED) is 0.617. The summed E-state index contributed by atoms with van der Waals surface area (Å²) in [6.45, 7) is 4.01. The second-order valence-electron chi connectivity index (χ2n) is 7.24. The van der Waals surface area contributed by atoms with Gasteiger partial charge in [0.2, 0.25) is 5.95 Å². The molecule has 0 atom stereocenters. The number of benzene rings is 2. The monoisotopic (exact) mass is 403 g/mol. The lowest BCUT2D eigenvalue weighted by atomic mass is 10.3. The molecule has 154 valence electrons. The molecule has 2 heterocycles. The first-order valence-electron chi connectivity index (χ1n) is 10.1. The molecule has 0 spiro atoms. The number of carbonyl (C=O) groups is 1. The van der Waals surface area contributed by atoms with E-state index in [0.29, 0.717) is 17.4 Å². The Balaban J connectivity index is 1.34. The topological polar surface area (TPSA) is 79.4 Å². The zero-order valence-electron chi connectivity index (χ0n) is 17.0. The van der Waals surface area contributed by atoms with Crippen LogP contribution in [-0.2, 0) is 4.79 Å². The minimum atomic E-state index is -0.211. The van der Waals surface area contributed by atoms with Crippen LogP contribution in [0, 0.1) is 6.92 Å². The average molecular weight is 403 g/mol. The second-order valence-corrected chi connectivity index (χ2v) is 7.24. The molecule has 2 N–H and O–H groups in total. The van der Waals surface area contributed by atoms with Gasteiger partial charge in [0.15, 0.2) is 6.61 Å². The molecule has 3 aromatic rings. The highest BCUT2D eigenvalue weighted by Gasteiger charge is 2.15. The lowest BCUT2D eigenvalue weighted by molar-refractivity contribution is -0.118. The zero-order valence-corrected chi connectivity index (χ0v) is 17.0. The Kier molecular flexibility index (Phi) is 6.08. The Morgan fingerprint density at radius 2 is 1.70 bits per heavy atom. The summed E-state index contributed by atoms with van der Waals surface area (Å²) >= 11 is 0. The maximum Gasteiger partial charge on any atom is 0.262 e. The van der Waals surface area contributed by atoms with E-state index in [4.69, 9.17) is 4.74 Å². The summed E-state index contributed by atoms with van der Waals surface area (Å²) in [5.74, 6) is 1.99. The summed E-state index contributed by atoms with van der Waals surface area (Å²) < 4.78 is 5.46. The predicted molar refractivity (Wildman–Crippen MR) is 119 cm³/mol. The Bertz CT molecular complexity index is 986. The predicted octanol–water partition coefficient (Wildman–Crippen LogP) is 4.15. The third-order valence-electron chi connectivity index (χ3n) is 4.81. The van der Waals surface area contributed by atoms with Crippen LogP contribution >= 0.6 is 0 Å². The largest absolute Gasteiger partial charge is 0.484 e. The van der Waals surface area contributed by atoms with Crippen molar-refractivity contribution in [2.24, 2.45) is 0 Å². The lowest BCUT2D eigenvalue weighted by Gasteiger charge is -2.17. The van der Waals surface area contributed by atoms with Crippen LogP contribution in [0.2, 0.25) is 0 Å². The standard InChI is InChI=1S/C23H25N5O2/c1-17-15-21(28-13-5-6-14-28)27-23(24-17)26-19-11-9-18(10-12-19)25-22(29)16-30-20-7-3-2-4-8-20/h2-4,7-12,15H,5-6,13-14,16H2,1H3,(H,25,29)(H,24,26,27). The van der Waals surface area contributed by atoms with Crippen LogP contribution in [0.5, 0.6) is 5.75 Å². The number of carbonyl (C=O) groups excluding carboxylic acids is 1. The van der Waals surface area contributed by atoms with Gasteiger partial charge in [0.1, 0.15) is 11.6 Å². The Morgan fingerprint density at radius 1 is 1.00 bits per heavy atom. The minimum Gasteiger partial charge on any atom is -0.484 e. The zero-order chi connectivity index (χ0) is 20.8. The number of ether oxygens (including phenoxy) is 1. The fourth-order valence-electron chi connectivity index (χ4n) is 3.34. The number of nitrogens with one attached hydrogen (secondary N) is 2. The summed E-state index contributed by atoms with van der Waals surface area (Å²) in [6.07, 6.45) is 2.41. The van der Waals surface area contributed by atoms with Crippen molar-refractivity contribution < 1.29 is 9.53 Å². The smallest absolute Gasteiger partial charge is 0.262 e. The number of aryl methyl sites for hydroxylation is 1. The third kappa shape index (κ3) is 5.26. The summed E-state index contributed by atoms with van der Waals surface area (Å²) in [6, 6.07) is 18.7. The van der Waals surface area contributed by atoms with Gasteiger partial charge in [-0.15, -0.1) is 0 Å². The van der Waals surface area contributed by atoms with E-state index in [1.807, 2.05) is 67.6 Å². The molecule has 4 rings (SSSR count). The van der Waals surface area contributed by atoms with Crippen LogP contribution in [-0.4, -0.2) is 35.6 Å². The highest BCUT2D eigenvalue weighted by Crippen LogP contribution is 2.22. The van der Waals surface area contributed by atoms with Crippen molar-refractivity contribution in [2.45, 2.75) is 19.8 Å². The first-order valence-corrected chi connectivity index (χ1v) is 10.1. The van der Waals surface area contributed by atoms with Crippen molar-refractivity contribution in [3.63, 3.8) is 0 Å². The molecule has 30 heavy (non-hydrogen) atoms. The van der Waals surface area contributed by atoms with E-state index in [0.717, 1.165) is 30.3 Å². The third-order valence-corrected chi connectivity index (χ3v) is 4.81. The molecule has 2 aromatic carbocycles. The Hall–Kier alpha value is -3.61. The first-order chi connectivity index (χ1) is 14.7. The molecule has 7 heteroatoms. The highest BCUT2D eigenvalue weighted by molar-refractivity contribution is 5.92. The highest BCUT2D eigenvalue weighted by atomic mass is 16.5. The molecule has 1 aromatic heterocycles. The van der Waals surface area contributed by atoms with Crippen LogP contribution in [0.15, 0.2) is 60.7 Å². The minimum absolute atomic E-state index is 0.0412. The Labute approximate surface area is 176 Å². The molecule has 1 aliphatic rings. The van der Waals surface area contributed by atoms with Gasteiger partial charge in [0.05, 0.1) is 0 Å². The molecule has 1 fully saturated rings. The molecular weight excluding hydrogens is 378 g/mol. The van der Waals surface area contributed by atoms with Crippen LogP contribution in [0.3, 0.4) is 0 Å². The van der Waals surface area contributed by atoms with Crippen LogP contribution < -0.4 is 20.3 Å². The molecule has 1 saturated heterocycles. The fourth-order valence-corrected chi connectivity index (χ4v) is 3.34. The van der Waals surface area contributed by atoms with E-state index in [1.54, 1.807) is 0 Å². The molecule has 0 saturated carbocycles. The molecule has 7 nitrogen and oxygen atoms in total. The average Bonchev–Trinajstić information content (AvgIpc) is 3.29. The van der Waals surface area contributed by atoms with Gasteiger partial charge in [-0.2, -0.15) is 4.98 Å². The van der Waals surface area contributed by atoms with Gasteiger partial charge in [-0.05, 0) is 56.2 Å². The summed E-state index contributed by atoms with van der Waals surface area (Å²) in [5.41, 5.74) is 2.48. The molecule has 0 radical (unpaired) electrons. The number of hydrogen-bond acceptors (Lipinski definition) is 6. The molecule has 1 amide bonds. The van der Waals surface area contributed by atoms with Gasteiger partial charge in [-0.1, -0.05) is 18.2 Å². The normalized spacial score (nSPS) is 13.2. The number of amides is 1. The molecular formula is C23H25N5O2. The maximum absolute atomic E-state index is 12.1. The summed E-state index contributed by atoms with van der Waals surface area (Å²) in [5, 5.41) is 6.08. The fraction of sp³-hybridized carbons (Fsp3) is 0.261. The maximum atomic E-state index is 12.1. The van der Waals surface area contributed by atoms with Crippen molar-refractivity contribution in [2.75, 3.05) is 35.2 Å². The summed E-state index contributed by atoms with van der Waals surface area (Å²) in [7, 11) is 0. The van der Waals surface area contributed by atoms with Crippen molar-refractivity contribution in [1.29, 1.82) is 0 Å². The second kappa shape index (κ2) is 9.26. The van der Waals surface area contributed by atoms with Crippen LogP contribution in [0.25, 0.3) is 0 Å². The van der Waals surface area contributed by atoms with Gasteiger partial charge in [-0.3, -0.25) is 4.79 Å². The van der Waals surface area contributed by atoms with E-state index >= 15 is 0 Å². The first kappa shape index (κ1) is 19.7. The number of aromatic nitrogens is 2. The SMILES string of the molecule is Cc1cc(N2CCCC2)nc(Nc2ccc(NC(=O)COc3ccccc3)cc2)n1. The van der Waals surface area contributed by atoms with E-state index in [2.05, 4.69) is 25.5 Å². The Morgan fingerprint density at radius 3 is 2.43 bits per heavy atom. The number of para-hydroxylation sites is 1. The van der Waals surface area contributed by atoms with E-state index in [9.17, 15) is 4.79 Å². The van der Waals surface area contributed by atoms with Gasteiger partial charge in [0, 0.05) is 36.2 Å². The number of hydrogen-bond donors (Lipinski definition) is 2. The van der Waals surface area contributed by atoms with Gasteiger partial charge in [0.25, 0.3) is 5.91 Å². The van der Waals surface area contributed by atoms with Gasteiger partial charge in [-0.25, -0.2) is 4.98 Å². The van der Waals surface area contributed by atoms with Gasteiger partial charge >= 0.3 is 0 Å².